The largest absolute Gasteiger partial charge is 0.423 e. The molecule has 0 bridgehead atoms. The van der Waals surface area contributed by atoms with Gasteiger partial charge >= 0.3 is 0 Å². The topological polar surface area (TPSA) is 90.4 Å². The van der Waals surface area contributed by atoms with Crippen LogP contribution in [0.2, 0.25) is 0 Å². The van der Waals surface area contributed by atoms with Gasteiger partial charge in [0.1, 0.15) is 0 Å². The quantitative estimate of drug-likeness (QED) is 0.660. The van der Waals surface area contributed by atoms with E-state index in [0.717, 1.165) is 6.42 Å². The van der Waals surface area contributed by atoms with Crippen molar-refractivity contribution in [1.29, 1.82) is 0 Å². The average molecular weight is 249 g/mol. The number of oxazole rings is 1. The second kappa shape index (κ2) is 4.26. The van der Waals surface area contributed by atoms with Crippen molar-refractivity contribution in [2.75, 3.05) is 18.5 Å². The third kappa shape index (κ3) is 1.88. The molecule has 0 spiro atoms. The molecule has 1 aliphatic rings. The zero-order valence-corrected chi connectivity index (χ0v) is 9.46. The number of non-ortho nitro benzene ring substituents is 1. The van der Waals surface area contributed by atoms with Gasteiger partial charge < -0.3 is 14.5 Å². The predicted molar refractivity (Wildman–Crippen MR) is 63.5 cm³/mol. The van der Waals surface area contributed by atoms with E-state index in [1.54, 1.807) is 12.1 Å². The van der Waals surface area contributed by atoms with E-state index in [9.17, 15) is 10.1 Å². The van der Waals surface area contributed by atoms with Crippen LogP contribution in [0.25, 0.3) is 11.1 Å². The Kier molecular flexibility index (Phi) is 2.60. The van der Waals surface area contributed by atoms with Crippen LogP contribution in [0, 0.1) is 10.1 Å². The number of ether oxygens (including phenoxy) is 1. The van der Waals surface area contributed by atoms with Gasteiger partial charge in [-0.1, -0.05) is 6.07 Å². The van der Waals surface area contributed by atoms with Crippen LogP contribution in [-0.4, -0.2) is 29.2 Å². The molecule has 1 aromatic carbocycles. The molecule has 0 radical (unpaired) electrons. The van der Waals surface area contributed by atoms with Crippen molar-refractivity contribution < 1.29 is 14.1 Å². The molecule has 1 unspecified atom stereocenters. The van der Waals surface area contributed by atoms with Crippen LogP contribution in [0.3, 0.4) is 0 Å². The average Bonchev–Trinajstić information content (AvgIpc) is 2.96. The highest BCUT2D eigenvalue weighted by Crippen LogP contribution is 2.27. The van der Waals surface area contributed by atoms with Crippen LogP contribution < -0.4 is 5.32 Å². The van der Waals surface area contributed by atoms with Crippen molar-refractivity contribution in [2.45, 2.75) is 12.5 Å². The fraction of sp³-hybridized carbons (Fsp3) is 0.364. The normalized spacial score (nSPS) is 19.2. The maximum atomic E-state index is 10.9. The zero-order chi connectivity index (χ0) is 12.5. The van der Waals surface area contributed by atoms with Gasteiger partial charge in [-0.2, -0.15) is 4.98 Å². The molecule has 18 heavy (non-hydrogen) atoms. The summed E-state index contributed by atoms with van der Waals surface area (Å²) in [6, 6.07) is 5.10. The molecule has 1 fully saturated rings. The van der Waals surface area contributed by atoms with Crippen LogP contribution in [0.1, 0.15) is 6.42 Å². The van der Waals surface area contributed by atoms with Crippen molar-refractivity contribution in [3.63, 3.8) is 0 Å². The molecule has 0 saturated carbocycles. The van der Waals surface area contributed by atoms with Crippen LogP contribution in [-0.2, 0) is 4.74 Å². The minimum atomic E-state index is -0.465. The van der Waals surface area contributed by atoms with Gasteiger partial charge in [0, 0.05) is 12.7 Å². The number of nitrogens with one attached hydrogen (secondary N) is 1. The number of nitro groups is 1. The van der Waals surface area contributed by atoms with Gasteiger partial charge in [-0.25, -0.2) is 0 Å². The Hall–Kier alpha value is -2.15. The molecule has 1 atom stereocenters. The number of anilines is 1. The summed E-state index contributed by atoms with van der Waals surface area (Å²) in [6.07, 6.45) is 0.876. The first-order valence-corrected chi connectivity index (χ1v) is 5.62. The van der Waals surface area contributed by atoms with Crippen LogP contribution >= 0.6 is 0 Å². The molecule has 1 N–H and O–H groups in total. The highest BCUT2D eigenvalue weighted by atomic mass is 16.6. The minimum Gasteiger partial charge on any atom is -0.423 e. The fourth-order valence-electron chi connectivity index (χ4n) is 1.97. The fourth-order valence-corrected chi connectivity index (χ4v) is 1.97. The van der Waals surface area contributed by atoms with E-state index in [2.05, 4.69) is 10.3 Å². The first-order valence-electron chi connectivity index (χ1n) is 5.62. The number of fused-ring (bicyclic) bond motifs is 1. The Labute approximate surface area is 102 Å². The number of benzene rings is 1. The van der Waals surface area contributed by atoms with Gasteiger partial charge in [-0.05, 0) is 12.5 Å². The molecule has 1 aromatic heterocycles. The maximum absolute atomic E-state index is 10.9. The van der Waals surface area contributed by atoms with Gasteiger partial charge in [0.25, 0.3) is 11.7 Å². The predicted octanol–water partition coefficient (Wildman–Crippen LogP) is 1.94. The summed E-state index contributed by atoms with van der Waals surface area (Å²) in [5, 5.41) is 13.9. The van der Waals surface area contributed by atoms with E-state index in [4.69, 9.17) is 9.15 Å². The molecule has 7 heteroatoms. The lowest BCUT2D eigenvalue weighted by molar-refractivity contribution is -0.383. The Morgan fingerprint density at radius 1 is 1.50 bits per heavy atom. The summed E-state index contributed by atoms with van der Waals surface area (Å²) in [4.78, 5) is 14.5. The molecule has 1 saturated heterocycles. The van der Waals surface area contributed by atoms with E-state index >= 15 is 0 Å². The van der Waals surface area contributed by atoms with Crippen LogP contribution in [0.5, 0.6) is 0 Å². The summed E-state index contributed by atoms with van der Waals surface area (Å²) in [7, 11) is 0. The third-order valence-corrected chi connectivity index (χ3v) is 2.85. The minimum absolute atomic E-state index is 0.0491. The number of rotatable bonds is 3. The third-order valence-electron chi connectivity index (χ3n) is 2.85. The van der Waals surface area contributed by atoms with Crippen LogP contribution in [0.4, 0.5) is 11.7 Å². The summed E-state index contributed by atoms with van der Waals surface area (Å²) in [6.45, 7) is 1.30. The number of nitro benzene ring substituents is 1. The Balaban J connectivity index is 1.94. The Morgan fingerprint density at radius 3 is 3.11 bits per heavy atom. The summed E-state index contributed by atoms with van der Waals surface area (Å²) in [5.74, 6) is 0. The maximum Gasteiger partial charge on any atom is 0.298 e. The van der Waals surface area contributed by atoms with Crippen molar-refractivity contribution in [3.8, 4) is 0 Å². The number of aromatic nitrogens is 1. The van der Waals surface area contributed by atoms with Crippen molar-refractivity contribution in [2.24, 2.45) is 0 Å². The van der Waals surface area contributed by atoms with Gasteiger partial charge in [-0.3, -0.25) is 10.1 Å². The van der Waals surface area contributed by atoms with Gasteiger partial charge in [-0.15, -0.1) is 0 Å². The Morgan fingerprint density at radius 2 is 2.39 bits per heavy atom. The van der Waals surface area contributed by atoms with Crippen molar-refractivity contribution in [1.82, 2.24) is 4.98 Å². The van der Waals surface area contributed by atoms with E-state index in [1.807, 2.05) is 0 Å². The summed E-state index contributed by atoms with van der Waals surface area (Å²) < 4.78 is 10.7. The highest BCUT2D eigenvalue weighted by molar-refractivity contribution is 5.84. The molecular weight excluding hydrogens is 238 g/mol. The second-order valence-electron chi connectivity index (χ2n) is 4.10. The highest BCUT2D eigenvalue weighted by Gasteiger charge is 2.21. The molecule has 94 valence electrons. The van der Waals surface area contributed by atoms with Crippen LogP contribution in [0.15, 0.2) is 22.6 Å². The van der Waals surface area contributed by atoms with E-state index in [-0.39, 0.29) is 17.2 Å². The zero-order valence-electron chi connectivity index (χ0n) is 9.46. The summed E-state index contributed by atoms with van der Waals surface area (Å²) in [5.41, 5.74) is 0.626. The number of hydrogen-bond acceptors (Lipinski definition) is 6. The molecular formula is C11H11N3O4. The lowest BCUT2D eigenvalue weighted by Gasteiger charge is -2.06. The first kappa shape index (κ1) is 11.0. The number of nitrogens with zero attached hydrogens (tertiary/aromatic N) is 2. The van der Waals surface area contributed by atoms with Crippen molar-refractivity contribution >= 4 is 22.8 Å². The molecule has 1 aliphatic heterocycles. The second-order valence-corrected chi connectivity index (χ2v) is 4.10. The standard InChI is InChI=1S/C11H11N3O4/c15-14(16)8-2-1-3-9-10(8)13-11(18-9)12-7-4-5-17-6-7/h1-3,7H,4-6H2,(H,12,13). The Bertz CT molecular complexity index is 589. The lowest BCUT2D eigenvalue weighted by atomic mass is 10.3. The van der Waals surface area contributed by atoms with Crippen molar-refractivity contribution in [3.05, 3.63) is 28.3 Å². The first-order chi connectivity index (χ1) is 8.74. The SMILES string of the molecule is O=[N+]([O-])c1cccc2oc(NC3CCOC3)nc12. The number of para-hydroxylation sites is 1. The van der Waals surface area contributed by atoms with Gasteiger partial charge in [0.15, 0.2) is 11.1 Å². The molecule has 0 aliphatic carbocycles. The molecule has 7 nitrogen and oxygen atoms in total. The van der Waals surface area contributed by atoms with E-state index < -0.39 is 4.92 Å². The lowest BCUT2D eigenvalue weighted by Crippen LogP contribution is -2.18. The van der Waals surface area contributed by atoms with Gasteiger partial charge in [0.2, 0.25) is 0 Å². The van der Waals surface area contributed by atoms with E-state index in [1.165, 1.54) is 6.07 Å². The molecule has 0 amide bonds. The summed E-state index contributed by atoms with van der Waals surface area (Å²) >= 11 is 0. The number of hydrogen-bond donors (Lipinski definition) is 1. The molecule has 2 aromatic rings. The molecule has 2 heterocycles. The van der Waals surface area contributed by atoms with Gasteiger partial charge in [0.05, 0.1) is 17.6 Å². The monoisotopic (exact) mass is 249 g/mol. The molecule has 3 rings (SSSR count). The smallest absolute Gasteiger partial charge is 0.298 e. The van der Waals surface area contributed by atoms with E-state index in [0.29, 0.717) is 24.8 Å².